The third-order valence-corrected chi connectivity index (χ3v) is 9.71. The quantitative estimate of drug-likeness (QED) is 0.445. The van der Waals surface area contributed by atoms with Gasteiger partial charge in [-0.25, -0.2) is 13.9 Å². The van der Waals surface area contributed by atoms with Crippen LogP contribution in [0.15, 0.2) is 48.5 Å². The molecular formula is C26H32N2O6S. The molecular weight excluding hydrogens is 468 g/mol. The fourth-order valence-corrected chi connectivity index (χ4v) is 7.13. The first-order valence-corrected chi connectivity index (χ1v) is 13.2. The zero-order chi connectivity index (χ0) is 25.1. The molecule has 188 valence electrons. The number of nitrogens with one attached hydrogen (secondary N) is 1. The highest BCUT2D eigenvalue weighted by atomic mass is 32.2. The fraction of sp³-hybridized carbons (Fsp3) is 0.423. The highest BCUT2D eigenvalue weighted by Gasteiger charge is 2.49. The third kappa shape index (κ3) is 5.13. The highest BCUT2D eigenvalue weighted by molar-refractivity contribution is 7.90. The first kappa shape index (κ1) is 25.4. The lowest BCUT2D eigenvalue weighted by molar-refractivity contribution is -0.130. The SMILES string of the molecule is COc1cccc(-c2ccc(C3=CCN(S(=O)(=O)C4(CC(=O)NO)CCOCC4)CC3)cc2C)c1. The normalized spacial score (nSPS) is 18.5. The summed E-state index contributed by atoms with van der Waals surface area (Å²) in [6, 6.07) is 14.2. The van der Waals surface area contributed by atoms with Gasteiger partial charge < -0.3 is 9.47 Å². The number of methoxy groups -OCH3 is 1. The van der Waals surface area contributed by atoms with E-state index in [-0.39, 0.29) is 39.0 Å². The van der Waals surface area contributed by atoms with Gasteiger partial charge in [-0.1, -0.05) is 36.4 Å². The Morgan fingerprint density at radius 3 is 2.57 bits per heavy atom. The fourth-order valence-electron chi connectivity index (χ4n) is 4.98. The van der Waals surface area contributed by atoms with Gasteiger partial charge in [0, 0.05) is 32.7 Å². The van der Waals surface area contributed by atoms with E-state index < -0.39 is 20.7 Å². The van der Waals surface area contributed by atoms with E-state index >= 15 is 0 Å². The van der Waals surface area contributed by atoms with E-state index in [0.29, 0.717) is 13.0 Å². The molecule has 1 fully saturated rings. The monoisotopic (exact) mass is 500 g/mol. The molecule has 0 spiro atoms. The van der Waals surface area contributed by atoms with Gasteiger partial charge in [-0.3, -0.25) is 10.0 Å². The Morgan fingerprint density at radius 2 is 1.94 bits per heavy atom. The summed E-state index contributed by atoms with van der Waals surface area (Å²) >= 11 is 0. The smallest absolute Gasteiger partial charge is 0.244 e. The van der Waals surface area contributed by atoms with E-state index in [1.165, 1.54) is 4.31 Å². The van der Waals surface area contributed by atoms with Crippen LogP contribution in [-0.2, 0) is 19.6 Å². The summed E-state index contributed by atoms with van der Waals surface area (Å²) in [6.07, 6.45) is 2.70. The minimum absolute atomic E-state index is 0.223. The molecule has 2 aliphatic rings. The van der Waals surface area contributed by atoms with E-state index in [9.17, 15) is 13.2 Å². The molecule has 2 heterocycles. The minimum Gasteiger partial charge on any atom is -0.497 e. The van der Waals surface area contributed by atoms with Gasteiger partial charge >= 0.3 is 0 Å². The van der Waals surface area contributed by atoms with Crippen molar-refractivity contribution in [1.29, 1.82) is 0 Å². The lowest BCUT2D eigenvalue weighted by Crippen LogP contribution is -2.54. The molecule has 0 unspecified atom stereocenters. The molecule has 35 heavy (non-hydrogen) atoms. The number of rotatable bonds is 7. The lowest BCUT2D eigenvalue weighted by atomic mass is 9.93. The molecule has 2 aromatic carbocycles. The first-order chi connectivity index (χ1) is 16.8. The zero-order valence-electron chi connectivity index (χ0n) is 20.1. The number of hydroxylamine groups is 1. The standard InChI is InChI=1S/C26H32N2O6S/c1-19-16-21(6-7-24(19)22-4-3-5-23(17-22)33-2)20-8-12-28(13-9-20)35(31,32)26(18-25(29)27-30)10-14-34-15-11-26/h3-8,16-17,30H,9-15,18H2,1-2H3,(H,27,29). The minimum atomic E-state index is -3.79. The molecule has 0 saturated carbocycles. The van der Waals surface area contributed by atoms with Gasteiger partial charge in [0.05, 0.1) is 11.9 Å². The van der Waals surface area contributed by atoms with Gasteiger partial charge in [0.2, 0.25) is 15.9 Å². The highest BCUT2D eigenvalue weighted by Crippen LogP contribution is 2.38. The predicted molar refractivity (Wildman–Crippen MR) is 134 cm³/mol. The van der Waals surface area contributed by atoms with Crippen LogP contribution in [0, 0.1) is 6.92 Å². The number of hydrogen-bond acceptors (Lipinski definition) is 6. The Morgan fingerprint density at radius 1 is 1.17 bits per heavy atom. The molecule has 2 aliphatic heterocycles. The maximum atomic E-state index is 13.6. The van der Waals surface area contributed by atoms with Crippen LogP contribution in [0.3, 0.4) is 0 Å². The number of carbonyl (C=O) groups is 1. The van der Waals surface area contributed by atoms with Crippen LogP contribution >= 0.6 is 0 Å². The molecule has 8 nitrogen and oxygen atoms in total. The van der Waals surface area contributed by atoms with Crippen molar-refractivity contribution in [3.63, 3.8) is 0 Å². The zero-order valence-corrected chi connectivity index (χ0v) is 20.9. The van der Waals surface area contributed by atoms with Crippen molar-refractivity contribution in [2.24, 2.45) is 0 Å². The maximum absolute atomic E-state index is 13.6. The molecule has 2 N–H and O–H groups in total. The van der Waals surface area contributed by atoms with Crippen LogP contribution in [0.25, 0.3) is 16.7 Å². The number of sulfonamides is 1. The molecule has 0 aromatic heterocycles. The Labute approximate surface area is 206 Å². The predicted octanol–water partition coefficient (Wildman–Crippen LogP) is 3.53. The Balaban J connectivity index is 1.54. The summed E-state index contributed by atoms with van der Waals surface area (Å²) in [5.74, 6) is 0.108. The maximum Gasteiger partial charge on any atom is 0.244 e. The average Bonchev–Trinajstić information content (AvgIpc) is 2.89. The molecule has 0 aliphatic carbocycles. The van der Waals surface area contributed by atoms with Crippen molar-refractivity contribution in [3.8, 4) is 16.9 Å². The van der Waals surface area contributed by atoms with Crippen LogP contribution in [-0.4, -0.2) is 62.0 Å². The van der Waals surface area contributed by atoms with Gasteiger partial charge in [-0.15, -0.1) is 0 Å². The number of nitrogens with zero attached hydrogens (tertiary/aromatic N) is 1. The number of carbonyl (C=O) groups excluding carboxylic acids is 1. The van der Waals surface area contributed by atoms with Crippen LogP contribution in [0.4, 0.5) is 0 Å². The molecule has 1 saturated heterocycles. The second-order valence-electron chi connectivity index (χ2n) is 9.11. The van der Waals surface area contributed by atoms with Gasteiger partial charge in [-0.2, -0.15) is 4.31 Å². The van der Waals surface area contributed by atoms with Crippen LogP contribution < -0.4 is 10.2 Å². The largest absolute Gasteiger partial charge is 0.497 e. The lowest BCUT2D eigenvalue weighted by Gasteiger charge is -2.40. The number of amides is 1. The number of ether oxygens (including phenoxy) is 2. The molecule has 4 rings (SSSR count). The van der Waals surface area contributed by atoms with Gasteiger partial charge in [-0.05, 0) is 66.1 Å². The van der Waals surface area contributed by atoms with Crippen LogP contribution in [0.5, 0.6) is 5.75 Å². The molecule has 9 heteroatoms. The van der Waals surface area contributed by atoms with Crippen molar-refractivity contribution in [2.75, 3.05) is 33.4 Å². The molecule has 2 aromatic rings. The van der Waals surface area contributed by atoms with Crippen LogP contribution in [0.1, 0.15) is 36.8 Å². The molecule has 0 atom stereocenters. The van der Waals surface area contributed by atoms with Crippen LogP contribution in [0.2, 0.25) is 0 Å². The van der Waals surface area contributed by atoms with E-state index in [2.05, 4.69) is 31.2 Å². The van der Waals surface area contributed by atoms with Crippen molar-refractivity contribution in [2.45, 2.75) is 37.4 Å². The van der Waals surface area contributed by atoms with Gasteiger partial charge in [0.25, 0.3) is 0 Å². The van der Waals surface area contributed by atoms with Crippen molar-refractivity contribution >= 4 is 21.5 Å². The van der Waals surface area contributed by atoms with E-state index in [0.717, 1.165) is 33.6 Å². The average molecular weight is 501 g/mol. The van der Waals surface area contributed by atoms with Gasteiger partial charge in [0.15, 0.2) is 0 Å². The molecule has 0 radical (unpaired) electrons. The summed E-state index contributed by atoms with van der Waals surface area (Å²) in [4.78, 5) is 11.9. The number of aryl methyl sites for hydroxylation is 1. The summed E-state index contributed by atoms with van der Waals surface area (Å²) < 4.78 is 38.2. The summed E-state index contributed by atoms with van der Waals surface area (Å²) in [7, 11) is -2.14. The number of hydrogen-bond donors (Lipinski definition) is 2. The van der Waals surface area contributed by atoms with Crippen molar-refractivity contribution < 1.29 is 27.9 Å². The third-order valence-electron chi connectivity index (χ3n) is 7.05. The van der Waals surface area contributed by atoms with Gasteiger partial charge in [0.1, 0.15) is 5.75 Å². The first-order valence-electron chi connectivity index (χ1n) is 11.7. The van der Waals surface area contributed by atoms with E-state index in [1.54, 1.807) is 12.6 Å². The van der Waals surface area contributed by atoms with E-state index in [4.69, 9.17) is 14.7 Å². The summed E-state index contributed by atoms with van der Waals surface area (Å²) in [5, 5.41) is 9.00. The molecule has 1 amide bonds. The Hall–Kier alpha value is -2.72. The van der Waals surface area contributed by atoms with E-state index in [1.807, 2.05) is 24.3 Å². The second kappa shape index (κ2) is 10.5. The molecule has 0 bridgehead atoms. The second-order valence-corrected chi connectivity index (χ2v) is 11.4. The number of benzene rings is 2. The van der Waals surface area contributed by atoms with Crippen molar-refractivity contribution in [3.05, 3.63) is 59.7 Å². The Kier molecular flexibility index (Phi) is 7.61. The summed E-state index contributed by atoms with van der Waals surface area (Å²) in [6.45, 7) is 3.20. The Bertz CT molecular complexity index is 1220. The van der Waals surface area contributed by atoms with Crippen molar-refractivity contribution in [1.82, 2.24) is 9.79 Å². The topological polar surface area (TPSA) is 105 Å². The summed E-state index contributed by atoms with van der Waals surface area (Å²) in [5.41, 5.74) is 7.10.